The maximum absolute atomic E-state index is 11.3. The second-order valence-electron chi connectivity index (χ2n) is 3.72. The van der Waals surface area contributed by atoms with E-state index in [0.717, 1.165) is 12.8 Å². The smallest absolute Gasteiger partial charge is 0.323 e. The number of rotatable bonds is 3. The first kappa shape index (κ1) is 12.0. The third-order valence-corrected chi connectivity index (χ3v) is 2.94. The van der Waals surface area contributed by atoms with E-state index >= 15 is 0 Å². The first-order valence-electron chi connectivity index (χ1n) is 4.96. The van der Waals surface area contributed by atoms with E-state index in [4.69, 9.17) is 0 Å². The van der Waals surface area contributed by atoms with Crippen LogP contribution in [-0.4, -0.2) is 50.2 Å². The summed E-state index contributed by atoms with van der Waals surface area (Å²) in [6.07, 6.45) is 1.90. The first-order chi connectivity index (χ1) is 7.10. The van der Waals surface area contributed by atoms with Crippen LogP contribution in [0.4, 0.5) is 0 Å². The molecule has 1 heterocycles. The van der Waals surface area contributed by atoms with Gasteiger partial charge in [-0.25, -0.2) is 0 Å². The fraction of sp³-hybridized carbons (Fsp3) is 0.800. The third kappa shape index (κ3) is 2.68. The highest BCUT2D eigenvalue weighted by atomic mass is 16.5. The molecule has 0 amide bonds. The number of hydrogen-bond acceptors (Lipinski definition) is 5. The molecule has 0 spiro atoms. The number of likely N-dealkylation sites (N-methyl/N-ethyl adjacent to an activating group) is 1. The zero-order valence-corrected chi connectivity index (χ0v) is 9.36. The molecule has 0 aromatic heterocycles. The number of carbonyl (C=O) groups is 2. The van der Waals surface area contributed by atoms with E-state index in [9.17, 15) is 9.59 Å². The lowest BCUT2D eigenvalue weighted by molar-refractivity contribution is -0.147. The highest BCUT2D eigenvalue weighted by Crippen LogP contribution is 2.25. The average Bonchev–Trinajstić information content (AvgIpc) is 2.59. The van der Waals surface area contributed by atoms with Gasteiger partial charge in [0.1, 0.15) is 6.04 Å². The van der Waals surface area contributed by atoms with Gasteiger partial charge in [-0.2, -0.15) is 0 Å². The van der Waals surface area contributed by atoms with E-state index in [2.05, 4.69) is 9.47 Å². The van der Waals surface area contributed by atoms with Crippen LogP contribution in [0.25, 0.3) is 0 Å². The average molecular weight is 215 g/mol. The van der Waals surface area contributed by atoms with Crippen molar-refractivity contribution in [3.63, 3.8) is 0 Å². The predicted octanol–water partition coefficient (Wildman–Crippen LogP) is 0.185. The summed E-state index contributed by atoms with van der Waals surface area (Å²) in [7, 11) is 4.58. The number of ether oxygens (including phenoxy) is 2. The minimum Gasteiger partial charge on any atom is -0.469 e. The second kappa shape index (κ2) is 5.11. The van der Waals surface area contributed by atoms with Crippen molar-refractivity contribution in [3.8, 4) is 0 Å². The van der Waals surface area contributed by atoms with E-state index in [1.165, 1.54) is 14.2 Å². The van der Waals surface area contributed by atoms with Crippen LogP contribution in [0.1, 0.15) is 19.3 Å². The molecule has 1 aliphatic heterocycles. The van der Waals surface area contributed by atoms with Crippen molar-refractivity contribution in [2.24, 2.45) is 0 Å². The van der Waals surface area contributed by atoms with Gasteiger partial charge in [0.2, 0.25) is 0 Å². The minimum atomic E-state index is -0.239. The van der Waals surface area contributed by atoms with Crippen molar-refractivity contribution in [3.05, 3.63) is 0 Å². The van der Waals surface area contributed by atoms with Crippen molar-refractivity contribution in [2.45, 2.75) is 31.3 Å². The molecule has 1 fully saturated rings. The molecule has 2 atom stereocenters. The molecule has 1 rings (SSSR count). The van der Waals surface area contributed by atoms with Crippen LogP contribution in [0.15, 0.2) is 0 Å². The van der Waals surface area contributed by atoms with Crippen LogP contribution in [-0.2, 0) is 19.1 Å². The zero-order valence-electron chi connectivity index (χ0n) is 9.36. The monoisotopic (exact) mass is 215 g/mol. The SMILES string of the molecule is COC(=O)CC1CC[C@@H](C(=O)OC)N1C. The maximum Gasteiger partial charge on any atom is 0.323 e. The maximum atomic E-state index is 11.3. The van der Waals surface area contributed by atoms with Crippen LogP contribution in [0.3, 0.4) is 0 Å². The van der Waals surface area contributed by atoms with Gasteiger partial charge >= 0.3 is 11.9 Å². The Hall–Kier alpha value is -1.10. The summed E-state index contributed by atoms with van der Waals surface area (Å²) in [6, 6.07) is -0.133. The van der Waals surface area contributed by atoms with Gasteiger partial charge in [0.25, 0.3) is 0 Å². The molecular formula is C10H17NO4. The molecule has 0 aliphatic carbocycles. The van der Waals surface area contributed by atoms with Crippen LogP contribution in [0.5, 0.6) is 0 Å². The zero-order chi connectivity index (χ0) is 11.4. The molecule has 86 valence electrons. The van der Waals surface area contributed by atoms with Crippen molar-refractivity contribution < 1.29 is 19.1 Å². The topological polar surface area (TPSA) is 55.8 Å². The van der Waals surface area contributed by atoms with Gasteiger partial charge in [0.15, 0.2) is 0 Å². The molecule has 0 aromatic carbocycles. The molecule has 0 aromatic rings. The summed E-state index contributed by atoms with van der Waals surface area (Å²) in [5.41, 5.74) is 0. The Kier molecular flexibility index (Phi) is 4.08. The molecule has 15 heavy (non-hydrogen) atoms. The molecule has 0 radical (unpaired) electrons. The molecule has 0 bridgehead atoms. The quantitative estimate of drug-likeness (QED) is 0.629. The van der Waals surface area contributed by atoms with Gasteiger partial charge in [-0.05, 0) is 19.9 Å². The molecule has 1 saturated heterocycles. The van der Waals surface area contributed by atoms with E-state index < -0.39 is 0 Å². The number of nitrogens with zero attached hydrogens (tertiary/aromatic N) is 1. The summed E-state index contributed by atoms with van der Waals surface area (Å²) in [5, 5.41) is 0. The van der Waals surface area contributed by atoms with Gasteiger partial charge in [0.05, 0.1) is 20.6 Å². The molecule has 5 nitrogen and oxygen atoms in total. The Bertz CT molecular complexity index is 254. The molecule has 1 unspecified atom stereocenters. The Balaban J connectivity index is 2.52. The van der Waals surface area contributed by atoms with Gasteiger partial charge < -0.3 is 9.47 Å². The van der Waals surface area contributed by atoms with E-state index in [0.29, 0.717) is 6.42 Å². The number of likely N-dealkylation sites (tertiary alicyclic amines) is 1. The third-order valence-electron chi connectivity index (χ3n) is 2.94. The number of carbonyl (C=O) groups excluding carboxylic acids is 2. The van der Waals surface area contributed by atoms with E-state index in [1.807, 2.05) is 11.9 Å². The first-order valence-corrected chi connectivity index (χ1v) is 4.96. The number of esters is 2. The summed E-state index contributed by atoms with van der Waals surface area (Å²) < 4.78 is 9.29. The lowest BCUT2D eigenvalue weighted by Crippen LogP contribution is -2.39. The lowest BCUT2D eigenvalue weighted by atomic mass is 10.1. The molecule has 0 saturated carbocycles. The number of methoxy groups -OCH3 is 2. The highest BCUT2D eigenvalue weighted by Gasteiger charge is 2.36. The van der Waals surface area contributed by atoms with Gasteiger partial charge in [-0.3, -0.25) is 14.5 Å². The van der Waals surface area contributed by atoms with Gasteiger partial charge in [-0.1, -0.05) is 0 Å². The van der Waals surface area contributed by atoms with Gasteiger partial charge in [-0.15, -0.1) is 0 Å². The van der Waals surface area contributed by atoms with Crippen LogP contribution in [0.2, 0.25) is 0 Å². The fourth-order valence-corrected chi connectivity index (χ4v) is 1.95. The predicted molar refractivity (Wildman–Crippen MR) is 53.2 cm³/mol. The summed E-state index contributed by atoms with van der Waals surface area (Å²) in [6.45, 7) is 0. The van der Waals surface area contributed by atoms with E-state index in [-0.39, 0.29) is 24.0 Å². The Morgan fingerprint density at radius 3 is 2.47 bits per heavy atom. The second-order valence-corrected chi connectivity index (χ2v) is 3.72. The molecule has 5 heteroatoms. The fourth-order valence-electron chi connectivity index (χ4n) is 1.95. The Labute approximate surface area is 89.3 Å². The van der Waals surface area contributed by atoms with Crippen LogP contribution in [0, 0.1) is 0 Å². The van der Waals surface area contributed by atoms with Gasteiger partial charge in [0, 0.05) is 6.04 Å². The minimum absolute atomic E-state index is 0.0848. The van der Waals surface area contributed by atoms with Crippen LogP contribution >= 0.6 is 0 Å². The van der Waals surface area contributed by atoms with Crippen molar-refractivity contribution in [1.82, 2.24) is 4.90 Å². The highest BCUT2D eigenvalue weighted by molar-refractivity contribution is 5.76. The van der Waals surface area contributed by atoms with E-state index in [1.54, 1.807) is 0 Å². The molecular weight excluding hydrogens is 198 g/mol. The standard InChI is InChI=1S/C10H17NO4/c1-11-7(6-9(12)14-2)4-5-8(11)10(13)15-3/h7-8H,4-6H2,1-3H3/t7?,8-/m0/s1. The Morgan fingerprint density at radius 2 is 1.93 bits per heavy atom. The van der Waals surface area contributed by atoms with Crippen LogP contribution < -0.4 is 0 Å². The Morgan fingerprint density at radius 1 is 1.27 bits per heavy atom. The normalized spacial score (nSPS) is 26.3. The van der Waals surface area contributed by atoms with Crippen molar-refractivity contribution in [1.29, 1.82) is 0 Å². The molecule has 1 aliphatic rings. The molecule has 0 N–H and O–H groups in total. The lowest BCUT2D eigenvalue weighted by Gasteiger charge is -2.23. The van der Waals surface area contributed by atoms with Crippen molar-refractivity contribution >= 4 is 11.9 Å². The number of hydrogen-bond donors (Lipinski definition) is 0. The largest absolute Gasteiger partial charge is 0.469 e. The summed E-state index contributed by atoms with van der Waals surface area (Å²) >= 11 is 0. The van der Waals surface area contributed by atoms with Crippen molar-refractivity contribution in [2.75, 3.05) is 21.3 Å². The summed E-state index contributed by atoms with van der Waals surface area (Å²) in [5.74, 6) is -0.470. The summed E-state index contributed by atoms with van der Waals surface area (Å²) in [4.78, 5) is 24.3.